The molecule has 0 atom stereocenters. The minimum absolute atomic E-state index is 0.734. The number of hydrogen-bond donors (Lipinski definition) is 0. The van der Waals surface area contributed by atoms with E-state index < -0.39 is 0 Å². The third kappa shape index (κ3) is 3.06. The van der Waals surface area contributed by atoms with E-state index in [1.54, 1.807) is 0 Å². The van der Waals surface area contributed by atoms with Crippen LogP contribution >= 0.6 is 0 Å². The van der Waals surface area contributed by atoms with Crippen molar-refractivity contribution in [2.24, 2.45) is 5.92 Å². The Labute approximate surface area is 68.6 Å². The fourth-order valence-electron chi connectivity index (χ4n) is 1.10. The van der Waals surface area contributed by atoms with Crippen LogP contribution in [0.2, 0.25) is 0 Å². The monoisotopic (exact) mass is 146 g/mol. The lowest BCUT2D eigenvalue weighted by molar-refractivity contribution is 0.650. The summed E-state index contributed by atoms with van der Waals surface area (Å²) in [6.07, 6.45) is 11.4. The molecule has 0 saturated carbocycles. The molecule has 0 amide bonds. The van der Waals surface area contributed by atoms with Crippen molar-refractivity contribution in [3.8, 4) is 0 Å². The van der Waals surface area contributed by atoms with Crippen molar-refractivity contribution < 1.29 is 0 Å². The molecule has 0 N–H and O–H groups in total. The van der Waals surface area contributed by atoms with Crippen LogP contribution in [0.15, 0.2) is 41.7 Å². The number of hydrogen-bond acceptors (Lipinski definition) is 0. The van der Waals surface area contributed by atoms with Gasteiger partial charge in [-0.05, 0) is 30.1 Å². The lowest BCUT2D eigenvalue weighted by atomic mass is 10.0. The van der Waals surface area contributed by atoms with Crippen molar-refractivity contribution in [2.75, 3.05) is 0 Å². The van der Waals surface area contributed by atoms with Crippen LogP contribution in [0.25, 0.3) is 0 Å². The smallest absolute Gasteiger partial charge is 0.0197 e. The van der Waals surface area contributed by atoms with Gasteiger partial charge < -0.3 is 0 Å². The molecule has 1 aliphatic carbocycles. The van der Waals surface area contributed by atoms with Gasteiger partial charge in [-0.3, -0.25) is 0 Å². The van der Waals surface area contributed by atoms with Gasteiger partial charge in [-0.25, -0.2) is 0 Å². The maximum Gasteiger partial charge on any atom is -0.0197 e. The van der Waals surface area contributed by atoms with Gasteiger partial charge >= 0.3 is 0 Å². The minimum Gasteiger partial charge on any atom is -0.121 e. The zero-order valence-electron chi connectivity index (χ0n) is 7.17. The van der Waals surface area contributed by atoms with E-state index in [0.717, 1.165) is 12.3 Å². The fraction of sp³-hybridized carbons (Fsp3) is 0.364. The molecule has 0 unspecified atom stereocenters. The predicted molar refractivity (Wildman–Crippen MR) is 49.3 cm³/mol. The Morgan fingerprint density at radius 3 is 2.91 bits per heavy atom. The van der Waals surface area contributed by atoms with Crippen LogP contribution in [0.5, 0.6) is 0 Å². The zero-order chi connectivity index (χ0) is 8.10. The Kier molecular flexibility index (Phi) is 2.95. The SMILES string of the molecule is CC(C)CC1=CC=C=CC=C1. The molecule has 1 rings (SSSR count). The van der Waals surface area contributed by atoms with Gasteiger partial charge in [-0.2, -0.15) is 0 Å². The van der Waals surface area contributed by atoms with Gasteiger partial charge in [0.2, 0.25) is 0 Å². The van der Waals surface area contributed by atoms with Crippen LogP contribution in [0.4, 0.5) is 0 Å². The highest BCUT2D eigenvalue weighted by atomic mass is 14.0. The van der Waals surface area contributed by atoms with Gasteiger partial charge in [0.05, 0.1) is 0 Å². The van der Waals surface area contributed by atoms with E-state index in [1.807, 2.05) is 18.2 Å². The first-order chi connectivity index (χ1) is 5.29. The third-order valence-electron chi connectivity index (χ3n) is 1.54. The van der Waals surface area contributed by atoms with Crippen molar-refractivity contribution in [3.05, 3.63) is 41.7 Å². The average Bonchev–Trinajstić information content (AvgIpc) is 2.14. The molecule has 0 aromatic carbocycles. The van der Waals surface area contributed by atoms with Crippen LogP contribution in [-0.2, 0) is 0 Å². The largest absolute Gasteiger partial charge is 0.121 e. The van der Waals surface area contributed by atoms with Crippen molar-refractivity contribution in [3.63, 3.8) is 0 Å². The lowest BCUT2D eigenvalue weighted by Crippen LogP contribution is -1.88. The Morgan fingerprint density at radius 1 is 1.36 bits per heavy atom. The minimum atomic E-state index is 0.734. The second-order valence-corrected chi connectivity index (χ2v) is 3.20. The van der Waals surface area contributed by atoms with Gasteiger partial charge in [0.1, 0.15) is 0 Å². The van der Waals surface area contributed by atoms with Crippen LogP contribution in [-0.4, -0.2) is 0 Å². The van der Waals surface area contributed by atoms with Crippen LogP contribution in [0, 0.1) is 5.92 Å². The maximum atomic E-state index is 3.04. The predicted octanol–water partition coefficient (Wildman–Crippen LogP) is 3.24. The standard InChI is InChI=1S/C11H14/c1-10(2)9-11-7-5-3-4-6-8-11/h3,5-8,10H,9H2,1-2H3. The summed E-state index contributed by atoms with van der Waals surface area (Å²) in [7, 11) is 0. The number of rotatable bonds is 2. The first-order valence-electron chi connectivity index (χ1n) is 4.07. The molecule has 58 valence electrons. The maximum absolute atomic E-state index is 3.04. The molecule has 0 bridgehead atoms. The summed E-state index contributed by atoms with van der Waals surface area (Å²) in [6.45, 7) is 4.47. The van der Waals surface area contributed by atoms with Crippen molar-refractivity contribution in [1.82, 2.24) is 0 Å². The van der Waals surface area contributed by atoms with Gasteiger partial charge in [0, 0.05) is 0 Å². The van der Waals surface area contributed by atoms with E-state index in [9.17, 15) is 0 Å². The molecule has 0 spiro atoms. The Morgan fingerprint density at radius 2 is 2.18 bits per heavy atom. The van der Waals surface area contributed by atoms with Crippen molar-refractivity contribution in [2.45, 2.75) is 20.3 Å². The molecule has 0 heteroatoms. The molecular formula is C11H14. The summed E-state index contributed by atoms with van der Waals surface area (Å²) in [5.41, 5.74) is 4.43. The lowest BCUT2D eigenvalue weighted by Gasteiger charge is -2.03. The second-order valence-electron chi connectivity index (χ2n) is 3.20. The zero-order valence-corrected chi connectivity index (χ0v) is 7.17. The molecule has 0 saturated heterocycles. The van der Waals surface area contributed by atoms with Crippen LogP contribution in [0.1, 0.15) is 20.3 Å². The van der Waals surface area contributed by atoms with E-state index in [-0.39, 0.29) is 0 Å². The average molecular weight is 146 g/mol. The summed E-state index contributed by atoms with van der Waals surface area (Å²) < 4.78 is 0. The van der Waals surface area contributed by atoms with Gasteiger partial charge in [-0.1, -0.05) is 32.1 Å². The van der Waals surface area contributed by atoms with Crippen LogP contribution < -0.4 is 0 Å². The molecule has 0 fully saturated rings. The summed E-state index contributed by atoms with van der Waals surface area (Å²) in [5, 5.41) is 0. The van der Waals surface area contributed by atoms with E-state index in [2.05, 4.69) is 31.7 Å². The molecular weight excluding hydrogens is 132 g/mol. The molecule has 0 aromatic heterocycles. The summed E-state index contributed by atoms with van der Waals surface area (Å²) in [6, 6.07) is 0. The van der Waals surface area contributed by atoms with Crippen LogP contribution in [0.3, 0.4) is 0 Å². The first kappa shape index (κ1) is 8.10. The van der Waals surface area contributed by atoms with Gasteiger partial charge in [0.25, 0.3) is 0 Å². The highest BCUT2D eigenvalue weighted by Crippen LogP contribution is 2.12. The summed E-state index contributed by atoms with van der Waals surface area (Å²) in [5.74, 6) is 0.734. The van der Waals surface area contributed by atoms with E-state index >= 15 is 0 Å². The highest BCUT2D eigenvalue weighted by molar-refractivity contribution is 5.29. The van der Waals surface area contributed by atoms with Gasteiger partial charge in [0.15, 0.2) is 0 Å². The van der Waals surface area contributed by atoms with E-state index in [0.29, 0.717) is 0 Å². The Bertz CT molecular complexity index is 233. The summed E-state index contributed by atoms with van der Waals surface area (Å²) in [4.78, 5) is 0. The fourth-order valence-corrected chi connectivity index (χ4v) is 1.10. The Balaban J connectivity index is 2.60. The van der Waals surface area contributed by atoms with Crippen molar-refractivity contribution in [1.29, 1.82) is 0 Å². The second kappa shape index (κ2) is 4.00. The third-order valence-corrected chi connectivity index (χ3v) is 1.54. The quantitative estimate of drug-likeness (QED) is 0.525. The van der Waals surface area contributed by atoms with Crippen molar-refractivity contribution >= 4 is 0 Å². The molecule has 0 nitrogen and oxygen atoms in total. The molecule has 11 heavy (non-hydrogen) atoms. The molecule has 0 radical (unpaired) electrons. The van der Waals surface area contributed by atoms with E-state index in [4.69, 9.17) is 0 Å². The number of allylic oxidation sites excluding steroid dienone is 5. The molecule has 0 aromatic rings. The topological polar surface area (TPSA) is 0 Å². The van der Waals surface area contributed by atoms with E-state index in [1.165, 1.54) is 5.57 Å². The Hall–Kier alpha value is -1.00. The molecule has 1 aliphatic rings. The van der Waals surface area contributed by atoms with Gasteiger partial charge in [-0.15, -0.1) is 5.73 Å². The molecule has 0 heterocycles. The normalized spacial score (nSPS) is 15.4. The first-order valence-corrected chi connectivity index (χ1v) is 4.07. The summed E-state index contributed by atoms with van der Waals surface area (Å²) >= 11 is 0. The highest BCUT2D eigenvalue weighted by Gasteiger charge is 1.96. The molecule has 0 aliphatic heterocycles.